The zero-order valence-electron chi connectivity index (χ0n) is 4.27. The van der Waals surface area contributed by atoms with E-state index in [1.54, 1.807) is 0 Å². The van der Waals surface area contributed by atoms with Crippen LogP contribution in [0.3, 0.4) is 0 Å². The molecule has 5 nitrogen and oxygen atoms in total. The van der Waals surface area contributed by atoms with Gasteiger partial charge >= 0.3 is 11.9 Å². The van der Waals surface area contributed by atoms with E-state index in [1.807, 2.05) is 0 Å². The minimum atomic E-state index is -1.80. The Balaban J connectivity index is 0. The first kappa shape index (κ1) is 11.0. The molecule has 0 rings (SSSR count). The summed E-state index contributed by atoms with van der Waals surface area (Å²) in [5.74, 6) is -3.06. The van der Waals surface area contributed by atoms with Crippen molar-refractivity contribution in [2.75, 3.05) is 0 Å². The monoisotopic (exact) mass is 155 g/mol. The minimum absolute atomic E-state index is 0. The van der Waals surface area contributed by atoms with Gasteiger partial charge in [0.05, 0.1) is 0 Å². The van der Waals surface area contributed by atoms with E-state index in [0.717, 1.165) is 0 Å². The Morgan fingerprint density at radius 1 is 1.22 bits per heavy atom. The standard InChI is InChI=1S/C3H5NO4.ClH/c4-1(2(5)6)3(7)8;/h1H,4H2,(H,5,6)(H,7,8);1H. The lowest BCUT2D eigenvalue weighted by atomic mass is 10.3. The molecule has 0 amide bonds. The second kappa shape index (κ2) is 4.11. The van der Waals surface area contributed by atoms with Gasteiger partial charge in [0.1, 0.15) is 0 Å². The van der Waals surface area contributed by atoms with Crippen LogP contribution in [0.5, 0.6) is 0 Å². The highest BCUT2D eigenvalue weighted by atomic mass is 35.5. The van der Waals surface area contributed by atoms with Crippen molar-refractivity contribution in [1.82, 2.24) is 0 Å². The van der Waals surface area contributed by atoms with Gasteiger partial charge in [-0.15, -0.1) is 12.4 Å². The van der Waals surface area contributed by atoms with Gasteiger partial charge in [-0.25, -0.2) is 9.59 Å². The van der Waals surface area contributed by atoms with Gasteiger partial charge in [-0.2, -0.15) is 0 Å². The van der Waals surface area contributed by atoms with Gasteiger partial charge in [0.2, 0.25) is 6.04 Å². The van der Waals surface area contributed by atoms with E-state index >= 15 is 0 Å². The summed E-state index contributed by atoms with van der Waals surface area (Å²) >= 11 is 0. The van der Waals surface area contributed by atoms with E-state index in [-0.39, 0.29) is 12.4 Å². The molecule has 0 fully saturated rings. The first-order valence-corrected chi connectivity index (χ1v) is 1.77. The number of hydrogen-bond donors (Lipinski definition) is 3. The van der Waals surface area contributed by atoms with E-state index in [1.165, 1.54) is 0 Å². The van der Waals surface area contributed by atoms with Gasteiger partial charge in [0.25, 0.3) is 0 Å². The molecule has 0 spiro atoms. The zero-order valence-corrected chi connectivity index (χ0v) is 5.09. The van der Waals surface area contributed by atoms with Crippen LogP contribution in [0.25, 0.3) is 0 Å². The molecule has 0 aromatic heterocycles. The van der Waals surface area contributed by atoms with E-state index in [0.29, 0.717) is 0 Å². The summed E-state index contributed by atoms with van der Waals surface area (Å²) in [6, 6.07) is -1.80. The minimum Gasteiger partial charge on any atom is -0.480 e. The quantitative estimate of drug-likeness (QED) is 0.440. The fourth-order valence-electron chi connectivity index (χ4n) is 0.106. The molecule has 0 atom stereocenters. The normalized spacial score (nSPS) is 8.22. The van der Waals surface area contributed by atoms with Crippen LogP contribution in [0.15, 0.2) is 0 Å². The van der Waals surface area contributed by atoms with Crippen molar-refractivity contribution >= 4 is 24.3 Å². The predicted molar refractivity (Wildman–Crippen MR) is 30.5 cm³/mol. The third-order valence-corrected chi connectivity index (χ3v) is 0.532. The molecule has 6 heteroatoms. The number of nitrogens with two attached hydrogens (primary N) is 1. The summed E-state index contributed by atoms with van der Waals surface area (Å²) < 4.78 is 0. The maximum atomic E-state index is 9.63. The highest BCUT2D eigenvalue weighted by Crippen LogP contribution is 1.74. The fourth-order valence-corrected chi connectivity index (χ4v) is 0.106. The van der Waals surface area contributed by atoms with E-state index in [4.69, 9.17) is 10.2 Å². The summed E-state index contributed by atoms with van der Waals surface area (Å²) in [6.45, 7) is 0. The summed E-state index contributed by atoms with van der Waals surface area (Å²) in [4.78, 5) is 19.3. The number of rotatable bonds is 2. The second-order valence-electron chi connectivity index (χ2n) is 1.15. The topological polar surface area (TPSA) is 101 Å². The molecule has 0 bridgehead atoms. The molecular weight excluding hydrogens is 149 g/mol. The SMILES string of the molecule is Cl.NC(C(=O)O)C(=O)O. The van der Waals surface area contributed by atoms with E-state index in [9.17, 15) is 9.59 Å². The van der Waals surface area contributed by atoms with Gasteiger partial charge in [0, 0.05) is 0 Å². The molecule has 4 N–H and O–H groups in total. The Morgan fingerprint density at radius 2 is 1.44 bits per heavy atom. The maximum Gasteiger partial charge on any atom is 0.332 e. The molecule has 54 valence electrons. The van der Waals surface area contributed by atoms with Gasteiger partial charge in [-0.3, -0.25) is 0 Å². The number of hydrogen-bond acceptors (Lipinski definition) is 3. The van der Waals surface area contributed by atoms with Gasteiger partial charge < -0.3 is 15.9 Å². The van der Waals surface area contributed by atoms with Crippen molar-refractivity contribution in [2.24, 2.45) is 5.73 Å². The molecule has 0 unspecified atom stereocenters. The lowest BCUT2D eigenvalue weighted by Crippen LogP contribution is -2.38. The van der Waals surface area contributed by atoms with Crippen LogP contribution in [0.1, 0.15) is 0 Å². The first-order valence-electron chi connectivity index (χ1n) is 1.77. The smallest absolute Gasteiger partial charge is 0.332 e. The van der Waals surface area contributed by atoms with Gasteiger partial charge in [-0.1, -0.05) is 0 Å². The van der Waals surface area contributed by atoms with Crippen molar-refractivity contribution < 1.29 is 19.8 Å². The van der Waals surface area contributed by atoms with Crippen LogP contribution in [-0.2, 0) is 9.59 Å². The summed E-state index contributed by atoms with van der Waals surface area (Å²) in [6.07, 6.45) is 0. The van der Waals surface area contributed by atoms with Crippen LogP contribution in [0.4, 0.5) is 0 Å². The van der Waals surface area contributed by atoms with Gasteiger partial charge in [-0.05, 0) is 0 Å². The Labute approximate surface area is 56.9 Å². The number of carboxylic acids is 2. The molecule has 0 aromatic rings. The highest BCUT2D eigenvalue weighted by Gasteiger charge is 2.18. The highest BCUT2D eigenvalue weighted by molar-refractivity contribution is 5.96. The third-order valence-electron chi connectivity index (χ3n) is 0.532. The van der Waals surface area contributed by atoms with Gasteiger partial charge in [0.15, 0.2) is 0 Å². The zero-order chi connectivity index (χ0) is 6.73. The van der Waals surface area contributed by atoms with Crippen LogP contribution >= 0.6 is 12.4 Å². The predicted octanol–water partition coefficient (Wildman–Crippen LogP) is -1.10. The molecule has 0 heterocycles. The van der Waals surface area contributed by atoms with Crippen molar-refractivity contribution in [3.05, 3.63) is 0 Å². The van der Waals surface area contributed by atoms with E-state index < -0.39 is 18.0 Å². The molecule has 9 heavy (non-hydrogen) atoms. The summed E-state index contributed by atoms with van der Waals surface area (Å²) in [5, 5.41) is 15.7. The lowest BCUT2D eigenvalue weighted by Gasteiger charge is -1.95. The molecule has 0 aliphatic rings. The molecule has 0 aromatic carbocycles. The summed E-state index contributed by atoms with van der Waals surface area (Å²) in [7, 11) is 0. The average Bonchev–Trinajstić information content (AvgIpc) is 1.64. The van der Waals surface area contributed by atoms with Crippen LogP contribution in [0.2, 0.25) is 0 Å². The van der Waals surface area contributed by atoms with Crippen molar-refractivity contribution in [3.63, 3.8) is 0 Å². The van der Waals surface area contributed by atoms with Crippen molar-refractivity contribution in [2.45, 2.75) is 6.04 Å². The van der Waals surface area contributed by atoms with E-state index in [2.05, 4.69) is 5.73 Å². The molecule has 0 radical (unpaired) electrons. The Hall–Kier alpha value is -0.810. The fraction of sp³-hybridized carbons (Fsp3) is 0.333. The van der Waals surface area contributed by atoms with Crippen LogP contribution < -0.4 is 5.73 Å². The Kier molecular flexibility index (Phi) is 5.04. The average molecular weight is 156 g/mol. The number of carbonyl (C=O) groups is 2. The number of carboxylic acid groups (broad SMARTS) is 2. The molecule has 0 aliphatic carbocycles. The second-order valence-corrected chi connectivity index (χ2v) is 1.15. The third kappa shape index (κ3) is 3.75. The van der Waals surface area contributed by atoms with Crippen molar-refractivity contribution in [1.29, 1.82) is 0 Å². The Morgan fingerprint density at radius 3 is 1.44 bits per heavy atom. The Bertz CT molecular complexity index is 111. The van der Waals surface area contributed by atoms with Crippen LogP contribution in [0, 0.1) is 0 Å². The number of halogens is 1. The number of aliphatic carboxylic acids is 2. The largest absolute Gasteiger partial charge is 0.480 e. The maximum absolute atomic E-state index is 9.63. The van der Waals surface area contributed by atoms with Crippen molar-refractivity contribution in [3.8, 4) is 0 Å². The summed E-state index contributed by atoms with van der Waals surface area (Å²) in [5.41, 5.74) is 4.56. The first-order chi connectivity index (χ1) is 3.55. The lowest BCUT2D eigenvalue weighted by molar-refractivity contribution is -0.149. The molecule has 0 aliphatic heterocycles. The van der Waals surface area contributed by atoms with Crippen LogP contribution in [-0.4, -0.2) is 28.2 Å². The molecule has 0 saturated carbocycles. The molecule has 0 saturated heterocycles. The molecular formula is C3H6ClNO4.